The molecule has 3 radical (unpaired) electrons. The summed E-state index contributed by atoms with van der Waals surface area (Å²) in [6.45, 7) is 0. The van der Waals surface area contributed by atoms with Gasteiger partial charge in [-0.15, -0.1) is 0 Å². The normalized spacial score (nSPS) is 0. The molecule has 1 atom stereocenters. The summed E-state index contributed by atoms with van der Waals surface area (Å²) in [4.78, 5) is 0. The average Bonchev–Trinajstić information content (AvgIpc) is 0. The Balaban J connectivity index is 0. The van der Waals surface area contributed by atoms with E-state index in [0.29, 0.717) is 0 Å². The van der Waals surface area contributed by atoms with Gasteiger partial charge in [0.15, 0.2) is 17.4 Å². The van der Waals surface area contributed by atoms with Crippen LogP contribution in [0.1, 0.15) is 2.85 Å². The number of hydrogen-bond acceptors (Lipinski definition) is 0. The molecule has 0 fully saturated rings. The molecule has 0 nitrogen and oxygen atoms in total. The molecule has 0 N–H and O–H groups in total. The van der Waals surface area contributed by atoms with Crippen LogP contribution in [0.3, 0.4) is 0 Å². The van der Waals surface area contributed by atoms with Crippen LogP contribution in [-0.4, -0.2) is 78.3 Å². The second-order valence-corrected chi connectivity index (χ2v) is 0. The van der Waals surface area contributed by atoms with E-state index in [0.717, 1.165) is 0 Å². The summed E-state index contributed by atoms with van der Waals surface area (Å²) in [5, 5.41) is 0. The molecule has 5 heteroatoms. The fraction of sp³-hybridized carbons (Fsp3) is 0. The Hall–Kier alpha value is 2.14. The average molecular weight is 255 g/mol. The Kier molecular flexibility index (Phi) is 415. The minimum absolute atomic E-state index is 0. The van der Waals surface area contributed by atoms with Gasteiger partial charge in [0.25, 0.3) is 0 Å². The first kappa shape index (κ1) is 58.7. The number of hydrogen-bond donors (Lipinski definition) is 0. The Labute approximate surface area is 80.5 Å². The van der Waals surface area contributed by atoms with Gasteiger partial charge in [0, 0.05) is 8.41 Å². The summed E-state index contributed by atoms with van der Waals surface area (Å²) >= 11 is 0. The van der Waals surface area contributed by atoms with E-state index in [1.807, 2.05) is 0 Å². The van der Waals surface area contributed by atoms with Gasteiger partial charge in [0.05, 0.1) is 0 Å². The third-order valence-electron chi connectivity index (χ3n) is 0. The summed E-state index contributed by atoms with van der Waals surface area (Å²) in [7, 11) is 0. The molecule has 0 saturated carbocycles. The van der Waals surface area contributed by atoms with Gasteiger partial charge in [0.1, 0.15) is 0 Å². The summed E-state index contributed by atoms with van der Waals surface area (Å²) < 4.78 is 0. The van der Waals surface area contributed by atoms with Crippen molar-refractivity contribution in [1.29, 1.82) is 0 Å². The van der Waals surface area contributed by atoms with Crippen LogP contribution < -0.4 is 0 Å². The quantitative estimate of drug-likeness (QED) is 0.386. The topological polar surface area (TPSA) is 0 Å². The third-order valence-corrected chi connectivity index (χ3v) is 0. The van der Waals surface area contributed by atoms with E-state index in [2.05, 4.69) is 0 Å². The fourth-order valence-corrected chi connectivity index (χ4v) is 0. The van der Waals surface area contributed by atoms with Crippen LogP contribution in [0, 0.1) is 0 Å². The first-order chi connectivity index (χ1) is 0. The Bertz CT molecular complexity index is 17.7. The molecule has 0 aromatic carbocycles. The van der Waals surface area contributed by atoms with Crippen molar-refractivity contribution in [2.24, 2.45) is 0 Å². The molecular weight excluding hydrogens is 243 g/mol. The van der Waals surface area contributed by atoms with Crippen molar-refractivity contribution in [1.82, 2.24) is 0 Å². The first-order valence-electron chi connectivity index (χ1n) is 0. The molecule has 0 amide bonds. The van der Waals surface area contributed by atoms with E-state index < -0.39 is 0 Å². The summed E-state index contributed by atoms with van der Waals surface area (Å²) in [6.07, 6.45) is 0. The van der Waals surface area contributed by atoms with Crippen molar-refractivity contribution in [2.45, 2.75) is 0 Å². The maximum absolute atomic E-state index is 0. The molecule has 0 aliphatic heterocycles. The standard InChI is InChI=1S/Al.AsH3.B.Be.Sb.8H/h;1H3;;;;;;;;;;;/q;;;+2;;;;;;;;2*-1. The predicted octanol–water partition coefficient (Wildman–Crippen LogP) is -4.09. The van der Waals surface area contributed by atoms with Crippen molar-refractivity contribution in [2.75, 3.05) is 0 Å². The SMILES string of the molecule is [AlH3].[AsH3].[B].[Be+2].[H-].[H-].[SbH3]. The second kappa shape index (κ2) is 35.4. The van der Waals surface area contributed by atoms with Crippen LogP contribution in [-0.2, 0) is 0 Å². The molecule has 29 valence electrons. The maximum atomic E-state index is 0. The van der Waals surface area contributed by atoms with E-state index in [9.17, 15) is 0 Å². The zero-order valence-corrected chi connectivity index (χ0v) is 9.70. The Morgan fingerprint density at radius 2 is 1.20 bits per heavy atom. The van der Waals surface area contributed by atoms with Crippen LogP contribution in [0.4, 0.5) is 0 Å². The summed E-state index contributed by atoms with van der Waals surface area (Å²) in [5.41, 5.74) is 0. The molecule has 0 aromatic rings. The van der Waals surface area contributed by atoms with Crippen LogP contribution >= 0.6 is 0 Å². The van der Waals surface area contributed by atoms with E-state index in [-0.39, 0.29) is 81.1 Å². The molecule has 0 aliphatic carbocycles. The molecule has 0 heterocycles. The summed E-state index contributed by atoms with van der Waals surface area (Å²) in [6, 6.07) is 0. The molecule has 0 aromatic heterocycles. The molecule has 1 unspecified atom stereocenters. The van der Waals surface area contributed by atoms with Crippen LogP contribution in [0.2, 0.25) is 0 Å². The van der Waals surface area contributed by atoms with Gasteiger partial charge in [-0.1, -0.05) is 0 Å². The second-order valence-electron chi connectivity index (χ2n) is 0. The zero-order valence-electron chi connectivity index (χ0n) is 4.70. The molecule has 0 rings (SSSR count). The van der Waals surface area contributed by atoms with Crippen molar-refractivity contribution in [3.63, 3.8) is 0 Å². The Morgan fingerprint density at radius 1 is 1.20 bits per heavy atom. The zero-order chi connectivity index (χ0) is 0. The van der Waals surface area contributed by atoms with Crippen molar-refractivity contribution in [3.8, 4) is 0 Å². The van der Waals surface area contributed by atoms with Gasteiger partial charge in [-0.05, 0) is 0 Å². The molecule has 0 bridgehead atoms. The first-order valence-corrected chi connectivity index (χ1v) is 0. The van der Waals surface area contributed by atoms with Crippen molar-refractivity contribution in [3.05, 3.63) is 0 Å². The van der Waals surface area contributed by atoms with Crippen molar-refractivity contribution < 1.29 is 2.85 Å². The van der Waals surface area contributed by atoms with Gasteiger partial charge < -0.3 is 2.85 Å². The van der Waals surface area contributed by atoms with Crippen LogP contribution in [0.5, 0.6) is 0 Å². The third kappa shape index (κ3) is 23.0. The van der Waals surface area contributed by atoms with Gasteiger partial charge in [-0.3, -0.25) is 0 Å². The van der Waals surface area contributed by atoms with Gasteiger partial charge in [-0.2, -0.15) is 0 Å². The fourth-order valence-electron chi connectivity index (χ4n) is 0. The minimum atomic E-state index is 0. The molecule has 0 saturated heterocycles. The van der Waals surface area contributed by atoms with Gasteiger partial charge in [-0.25, -0.2) is 0 Å². The molecule has 0 aliphatic rings. The van der Waals surface area contributed by atoms with Crippen LogP contribution in [0.25, 0.3) is 0 Å². The van der Waals surface area contributed by atoms with E-state index in [4.69, 9.17) is 0 Å². The van der Waals surface area contributed by atoms with Crippen LogP contribution in [0.15, 0.2) is 0 Å². The monoisotopic (exact) mass is 254 g/mol. The van der Waals surface area contributed by atoms with E-state index >= 15 is 0 Å². The Morgan fingerprint density at radius 3 is 1.20 bits per heavy atom. The number of rotatable bonds is 0. The molecule has 0 spiro atoms. The van der Waals surface area contributed by atoms with E-state index in [1.165, 1.54) is 0 Å². The van der Waals surface area contributed by atoms with Gasteiger partial charge >= 0.3 is 52.5 Å². The summed E-state index contributed by atoms with van der Waals surface area (Å²) in [5.74, 6) is 0. The van der Waals surface area contributed by atoms with Crippen molar-refractivity contribution >= 4 is 78.3 Å². The molecule has 5 heavy (non-hydrogen) atoms. The van der Waals surface area contributed by atoms with E-state index in [1.54, 1.807) is 0 Å². The van der Waals surface area contributed by atoms with Gasteiger partial charge in [0.2, 0.25) is 0 Å². The molecular formula is H11AlAsBBeSb. The predicted molar refractivity (Wildman–Crippen MR) is 43.5 cm³/mol.